The summed E-state index contributed by atoms with van der Waals surface area (Å²) in [6.45, 7) is 1.69. The molecule has 0 bridgehead atoms. The molecule has 3 heterocycles. The minimum atomic E-state index is -0.367. The predicted octanol–water partition coefficient (Wildman–Crippen LogP) is 2.57. The molecule has 0 saturated carbocycles. The number of carbonyl (C=O) groups excluding carboxylic acids is 3. The molecule has 3 aliphatic rings. The summed E-state index contributed by atoms with van der Waals surface area (Å²) in [5, 5.41) is 0. The van der Waals surface area contributed by atoms with Crippen molar-refractivity contribution in [2.24, 2.45) is 0 Å². The Morgan fingerprint density at radius 1 is 1.06 bits per heavy atom. The van der Waals surface area contributed by atoms with Crippen LogP contribution in [0.4, 0.5) is 11.4 Å². The monoisotopic (exact) mass is 435 g/mol. The zero-order chi connectivity index (χ0) is 22.4. The Bertz CT molecular complexity index is 1110. The molecular formula is C24H25N3O5. The molecule has 8 heteroatoms. The third-order valence-electron chi connectivity index (χ3n) is 6.20. The number of hydrogen-bond acceptors (Lipinski definition) is 6. The molecule has 0 aliphatic carbocycles. The standard InChI is InChI=1S/C24H25N3O5/c1-25(2)16-6-8-20-21(13-16)32-11-9-26(20)22(28)15-5-7-18-19(12-15)24(30)27(23(18)29)14-17-4-3-10-31-17/h5-8,12-13,17H,3-4,9-11,14H2,1-2H3. The Morgan fingerprint density at radius 3 is 2.62 bits per heavy atom. The summed E-state index contributed by atoms with van der Waals surface area (Å²) in [4.78, 5) is 43.9. The van der Waals surface area contributed by atoms with E-state index in [1.54, 1.807) is 17.0 Å². The quantitative estimate of drug-likeness (QED) is 0.687. The molecule has 3 amide bonds. The fraction of sp³-hybridized carbons (Fsp3) is 0.375. The van der Waals surface area contributed by atoms with E-state index >= 15 is 0 Å². The number of carbonyl (C=O) groups is 3. The molecule has 32 heavy (non-hydrogen) atoms. The van der Waals surface area contributed by atoms with Gasteiger partial charge >= 0.3 is 0 Å². The van der Waals surface area contributed by atoms with Gasteiger partial charge < -0.3 is 19.3 Å². The second kappa shape index (κ2) is 7.94. The van der Waals surface area contributed by atoms with E-state index in [-0.39, 0.29) is 35.9 Å². The van der Waals surface area contributed by atoms with Gasteiger partial charge in [-0.25, -0.2) is 0 Å². The minimum absolute atomic E-state index is 0.116. The summed E-state index contributed by atoms with van der Waals surface area (Å²) < 4.78 is 11.4. The van der Waals surface area contributed by atoms with Crippen LogP contribution >= 0.6 is 0 Å². The van der Waals surface area contributed by atoms with Crippen molar-refractivity contribution in [2.45, 2.75) is 18.9 Å². The summed E-state index contributed by atoms with van der Waals surface area (Å²) >= 11 is 0. The van der Waals surface area contributed by atoms with E-state index in [9.17, 15) is 14.4 Å². The number of ether oxygens (including phenoxy) is 2. The van der Waals surface area contributed by atoms with Crippen LogP contribution in [-0.4, -0.2) is 69.1 Å². The maximum atomic E-state index is 13.4. The highest BCUT2D eigenvalue weighted by atomic mass is 16.5. The number of nitrogens with zero attached hydrogens (tertiary/aromatic N) is 3. The van der Waals surface area contributed by atoms with Gasteiger partial charge in [0, 0.05) is 38.0 Å². The molecule has 0 spiro atoms. The molecular weight excluding hydrogens is 410 g/mol. The lowest BCUT2D eigenvalue weighted by Crippen LogP contribution is -2.38. The molecule has 166 valence electrons. The predicted molar refractivity (Wildman–Crippen MR) is 119 cm³/mol. The molecule has 8 nitrogen and oxygen atoms in total. The first-order valence-electron chi connectivity index (χ1n) is 10.8. The largest absolute Gasteiger partial charge is 0.489 e. The third kappa shape index (κ3) is 3.40. The van der Waals surface area contributed by atoms with Crippen LogP contribution in [0, 0.1) is 0 Å². The van der Waals surface area contributed by atoms with Crippen LogP contribution in [0.2, 0.25) is 0 Å². The number of benzene rings is 2. The number of hydrogen-bond donors (Lipinski definition) is 0. The highest BCUT2D eigenvalue weighted by Crippen LogP contribution is 2.36. The van der Waals surface area contributed by atoms with E-state index in [4.69, 9.17) is 9.47 Å². The normalized spacial score (nSPS) is 19.6. The zero-order valence-electron chi connectivity index (χ0n) is 18.2. The molecule has 2 aromatic rings. The van der Waals surface area contributed by atoms with Crippen LogP contribution in [0.1, 0.15) is 43.9 Å². The van der Waals surface area contributed by atoms with Gasteiger partial charge in [0.2, 0.25) is 0 Å². The van der Waals surface area contributed by atoms with Crippen molar-refractivity contribution < 1.29 is 23.9 Å². The highest BCUT2D eigenvalue weighted by Gasteiger charge is 2.38. The van der Waals surface area contributed by atoms with Gasteiger partial charge in [0.15, 0.2) is 0 Å². The maximum Gasteiger partial charge on any atom is 0.261 e. The smallest absolute Gasteiger partial charge is 0.261 e. The Labute approximate surface area is 186 Å². The van der Waals surface area contributed by atoms with Gasteiger partial charge in [-0.15, -0.1) is 0 Å². The average molecular weight is 435 g/mol. The molecule has 5 rings (SSSR count). The third-order valence-corrected chi connectivity index (χ3v) is 6.20. The van der Waals surface area contributed by atoms with E-state index in [1.807, 2.05) is 37.2 Å². The lowest BCUT2D eigenvalue weighted by Gasteiger charge is -2.30. The van der Waals surface area contributed by atoms with Gasteiger partial charge in [0.25, 0.3) is 17.7 Å². The van der Waals surface area contributed by atoms with E-state index in [0.29, 0.717) is 42.3 Å². The van der Waals surface area contributed by atoms with Crippen LogP contribution in [0.3, 0.4) is 0 Å². The number of amides is 3. The van der Waals surface area contributed by atoms with Gasteiger partial charge in [-0.05, 0) is 43.2 Å². The van der Waals surface area contributed by atoms with Crippen molar-refractivity contribution in [3.05, 3.63) is 53.1 Å². The number of rotatable bonds is 4. The Kier molecular flexibility index (Phi) is 5.09. The fourth-order valence-electron chi connectivity index (χ4n) is 4.44. The Balaban J connectivity index is 1.41. The first-order valence-corrected chi connectivity index (χ1v) is 10.8. The van der Waals surface area contributed by atoms with Crippen molar-refractivity contribution >= 4 is 29.1 Å². The van der Waals surface area contributed by atoms with Crippen LogP contribution < -0.4 is 14.5 Å². The van der Waals surface area contributed by atoms with Gasteiger partial charge in [-0.1, -0.05) is 0 Å². The number of fused-ring (bicyclic) bond motifs is 2. The number of imide groups is 1. The van der Waals surface area contributed by atoms with Crippen LogP contribution in [0.15, 0.2) is 36.4 Å². The molecule has 2 aromatic carbocycles. The van der Waals surface area contributed by atoms with Crippen LogP contribution in [0.5, 0.6) is 5.75 Å². The van der Waals surface area contributed by atoms with Crippen molar-refractivity contribution in [2.75, 3.05) is 50.2 Å². The molecule has 1 unspecified atom stereocenters. The average Bonchev–Trinajstić information content (AvgIpc) is 3.40. The van der Waals surface area contributed by atoms with E-state index < -0.39 is 0 Å². The summed E-state index contributed by atoms with van der Waals surface area (Å²) in [5.41, 5.74) is 2.65. The Morgan fingerprint density at radius 2 is 1.88 bits per heavy atom. The lowest BCUT2D eigenvalue weighted by molar-refractivity contribution is 0.0475. The van der Waals surface area contributed by atoms with Crippen molar-refractivity contribution in [3.8, 4) is 5.75 Å². The van der Waals surface area contributed by atoms with E-state index in [2.05, 4.69) is 0 Å². The minimum Gasteiger partial charge on any atom is -0.489 e. The van der Waals surface area contributed by atoms with Gasteiger partial charge in [-0.2, -0.15) is 0 Å². The zero-order valence-corrected chi connectivity index (χ0v) is 18.2. The topological polar surface area (TPSA) is 79.4 Å². The maximum absolute atomic E-state index is 13.4. The molecule has 0 N–H and O–H groups in total. The first-order chi connectivity index (χ1) is 15.4. The fourth-order valence-corrected chi connectivity index (χ4v) is 4.44. The summed E-state index contributed by atoms with van der Waals surface area (Å²) in [5.74, 6) is -0.278. The molecule has 0 aromatic heterocycles. The second-order valence-electron chi connectivity index (χ2n) is 8.47. The molecule has 1 fully saturated rings. The van der Waals surface area contributed by atoms with Gasteiger partial charge in [0.1, 0.15) is 12.4 Å². The SMILES string of the molecule is CN(C)c1ccc2c(c1)OCCN2C(=O)c1ccc2c(c1)C(=O)N(CC1CCCO1)C2=O. The number of anilines is 2. The lowest BCUT2D eigenvalue weighted by atomic mass is 10.0. The van der Waals surface area contributed by atoms with E-state index in [0.717, 1.165) is 18.5 Å². The van der Waals surface area contributed by atoms with Gasteiger partial charge in [0.05, 0.1) is 36.0 Å². The summed E-state index contributed by atoms with van der Waals surface area (Å²) in [7, 11) is 3.89. The highest BCUT2D eigenvalue weighted by molar-refractivity contribution is 6.22. The van der Waals surface area contributed by atoms with Gasteiger partial charge in [-0.3, -0.25) is 19.3 Å². The van der Waals surface area contributed by atoms with Crippen LogP contribution in [0.25, 0.3) is 0 Å². The molecule has 3 aliphatic heterocycles. The van der Waals surface area contributed by atoms with Crippen molar-refractivity contribution in [1.29, 1.82) is 0 Å². The Hall–Kier alpha value is -3.39. The van der Waals surface area contributed by atoms with E-state index in [1.165, 1.54) is 11.0 Å². The second-order valence-corrected chi connectivity index (χ2v) is 8.47. The van der Waals surface area contributed by atoms with Crippen molar-refractivity contribution in [3.63, 3.8) is 0 Å². The summed E-state index contributed by atoms with van der Waals surface area (Å²) in [6, 6.07) is 10.4. The molecule has 1 saturated heterocycles. The molecule has 0 radical (unpaired) electrons. The van der Waals surface area contributed by atoms with Crippen molar-refractivity contribution in [1.82, 2.24) is 4.90 Å². The summed E-state index contributed by atoms with van der Waals surface area (Å²) in [6.07, 6.45) is 1.65. The molecule has 1 atom stereocenters. The first kappa shape index (κ1) is 20.5. The van der Waals surface area contributed by atoms with Crippen LogP contribution in [-0.2, 0) is 4.74 Å².